The van der Waals surface area contributed by atoms with Gasteiger partial charge in [-0.1, -0.05) is 49.0 Å². The van der Waals surface area contributed by atoms with Gasteiger partial charge in [-0.05, 0) is 12.0 Å². The van der Waals surface area contributed by atoms with Gasteiger partial charge in [0, 0.05) is 18.0 Å². The van der Waals surface area contributed by atoms with Crippen LogP contribution in [-0.4, -0.2) is 30.9 Å². The zero-order valence-electron chi connectivity index (χ0n) is 16.4. The molecule has 4 aromatic rings. The number of carbonyl (C=O) groups excluding carboxylic acids is 1. The number of aromatic nitrogens is 4. The Bertz CT molecular complexity index is 1240. The van der Waals surface area contributed by atoms with Gasteiger partial charge in [0.25, 0.3) is 0 Å². The van der Waals surface area contributed by atoms with Crippen molar-refractivity contribution in [1.82, 2.24) is 19.7 Å². The molecule has 1 N–H and O–H groups in total. The number of nitrogens with one attached hydrogen (secondary N) is 1. The smallest absolute Gasteiger partial charge is 0.239 e. The molecule has 9 heteroatoms. The summed E-state index contributed by atoms with van der Waals surface area (Å²) in [6, 6.07) is 12.1. The van der Waals surface area contributed by atoms with Crippen molar-refractivity contribution in [3.63, 3.8) is 0 Å². The number of hydrogen-bond donors (Lipinski definition) is 1. The van der Waals surface area contributed by atoms with Crippen molar-refractivity contribution < 1.29 is 4.79 Å². The Morgan fingerprint density at radius 1 is 1.33 bits per heavy atom. The first-order valence-corrected chi connectivity index (χ1v) is 11.1. The molecular formula is C21H18N6OS2. The van der Waals surface area contributed by atoms with Crippen molar-refractivity contribution in [3.05, 3.63) is 53.8 Å². The number of rotatable bonds is 6. The molecule has 0 bridgehead atoms. The molecule has 150 valence electrons. The second kappa shape index (κ2) is 8.65. The van der Waals surface area contributed by atoms with Crippen LogP contribution in [0.25, 0.3) is 21.3 Å². The van der Waals surface area contributed by atoms with Crippen LogP contribution in [0.4, 0.5) is 5.82 Å². The summed E-state index contributed by atoms with van der Waals surface area (Å²) in [6.07, 6.45) is 3.58. The molecule has 0 aliphatic heterocycles. The topological polar surface area (TPSA) is 96.5 Å². The predicted molar refractivity (Wildman–Crippen MR) is 119 cm³/mol. The molecule has 1 aromatic carbocycles. The van der Waals surface area contributed by atoms with Gasteiger partial charge in [0.15, 0.2) is 0 Å². The van der Waals surface area contributed by atoms with Crippen LogP contribution in [0.1, 0.15) is 18.9 Å². The lowest BCUT2D eigenvalue weighted by atomic mass is 10.1. The Balaban J connectivity index is 1.65. The van der Waals surface area contributed by atoms with E-state index >= 15 is 0 Å². The maximum absolute atomic E-state index is 13.0. The molecule has 0 saturated carbocycles. The van der Waals surface area contributed by atoms with Crippen molar-refractivity contribution in [2.24, 2.45) is 7.05 Å². The van der Waals surface area contributed by atoms with Gasteiger partial charge in [0.05, 0.1) is 16.8 Å². The zero-order valence-corrected chi connectivity index (χ0v) is 18.0. The minimum Gasteiger partial charge on any atom is -0.309 e. The van der Waals surface area contributed by atoms with E-state index in [9.17, 15) is 10.1 Å². The molecule has 1 atom stereocenters. The van der Waals surface area contributed by atoms with E-state index in [1.807, 2.05) is 25.1 Å². The Morgan fingerprint density at radius 2 is 2.13 bits per heavy atom. The molecule has 3 heterocycles. The molecule has 7 nitrogen and oxygen atoms in total. The van der Waals surface area contributed by atoms with Gasteiger partial charge >= 0.3 is 0 Å². The van der Waals surface area contributed by atoms with Crippen LogP contribution in [0.5, 0.6) is 0 Å². The van der Waals surface area contributed by atoms with Crippen molar-refractivity contribution >= 4 is 45.0 Å². The lowest BCUT2D eigenvalue weighted by Crippen LogP contribution is -2.26. The lowest BCUT2D eigenvalue weighted by molar-refractivity contribution is -0.115. The monoisotopic (exact) mass is 434 g/mol. The highest BCUT2D eigenvalue weighted by Crippen LogP contribution is 2.39. The maximum atomic E-state index is 13.0. The summed E-state index contributed by atoms with van der Waals surface area (Å²) in [5.41, 5.74) is 2.48. The van der Waals surface area contributed by atoms with Crippen LogP contribution in [0, 0.1) is 11.3 Å². The fraction of sp³-hybridized carbons (Fsp3) is 0.190. The number of amides is 1. The average Bonchev–Trinajstić information content (AvgIpc) is 3.36. The van der Waals surface area contributed by atoms with Crippen LogP contribution >= 0.6 is 23.1 Å². The summed E-state index contributed by atoms with van der Waals surface area (Å²) < 4.78 is 1.49. The van der Waals surface area contributed by atoms with E-state index in [0.717, 1.165) is 26.4 Å². The molecule has 30 heavy (non-hydrogen) atoms. The largest absolute Gasteiger partial charge is 0.309 e. The van der Waals surface area contributed by atoms with Gasteiger partial charge < -0.3 is 5.32 Å². The van der Waals surface area contributed by atoms with Gasteiger partial charge in [-0.2, -0.15) is 10.4 Å². The second-order valence-corrected chi connectivity index (χ2v) is 8.57. The Kier molecular flexibility index (Phi) is 5.79. The first kappa shape index (κ1) is 20.1. The van der Waals surface area contributed by atoms with Crippen LogP contribution in [0.2, 0.25) is 0 Å². The summed E-state index contributed by atoms with van der Waals surface area (Å²) in [4.78, 5) is 22.8. The van der Waals surface area contributed by atoms with Gasteiger partial charge in [0.2, 0.25) is 5.91 Å². The van der Waals surface area contributed by atoms with E-state index in [2.05, 4.69) is 44.0 Å². The van der Waals surface area contributed by atoms with Crippen molar-refractivity contribution in [2.45, 2.75) is 23.6 Å². The molecule has 0 aliphatic carbocycles. The molecule has 0 spiro atoms. The van der Waals surface area contributed by atoms with Crippen LogP contribution in [0.3, 0.4) is 0 Å². The SMILES string of the molecule is CCC(Sc1ncnc2scc(-c3ccccc3)c12)C(=O)Nc1c(C#N)cnn1C. The normalized spacial score (nSPS) is 11.9. The fourth-order valence-electron chi connectivity index (χ4n) is 3.09. The van der Waals surface area contributed by atoms with Gasteiger partial charge in [-0.25, -0.2) is 9.97 Å². The van der Waals surface area contributed by atoms with Crippen molar-refractivity contribution in [2.75, 3.05) is 5.32 Å². The molecule has 0 saturated heterocycles. The predicted octanol–water partition coefficient (Wildman–Crippen LogP) is 4.47. The number of benzene rings is 1. The van der Waals surface area contributed by atoms with E-state index in [1.165, 1.54) is 29.0 Å². The molecular weight excluding hydrogens is 416 g/mol. The van der Waals surface area contributed by atoms with E-state index in [1.54, 1.807) is 18.4 Å². The maximum Gasteiger partial charge on any atom is 0.239 e. The molecule has 4 rings (SSSR count). The Hall–Kier alpha value is -3.22. The van der Waals surface area contributed by atoms with E-state index < -0.39 is 0 Å². The average molecular weight is 435 g/mol. The number of hydrogen-bond acceptors (Lipinski definition) is 7. The number of fused-ring (bicyclic) bond motifs is 1. The van der Waals surface area contributed by atoms with E-state index in [-0.39, 0.29) is 11.2 Å². The van der Waals surface area contributed by atoms with Gasteiger partial charge in [-0.3, -0.25) is 9.48 Å². The van der Waals surface area contributed by atoms with Gasteiger partial charge in [0.1, 0.15) is 33.6 Å². The van der Waals surface area contributed by atoms with Crippen LogP contribution in [-0.2, 0) is 11.8 Å². The van der Waals surface area contributed by atoms with Crippen molar-refractivity contribution in [1.29, 1.82) is 5.26 Å². The standard InChI is InChI=1S/C21H18N6OS2/c1-3-16(19(28)26-18-14(9-22)10-25-27(18)2)30-21-17-15(13-7-5-4-6-8-13)11-29-20(17)23-12-24-21/h4-8,10-12,16H,3H2,1-2H3,(H,26,28). The zero-order chi connectivity index (χ0) is 21.1. The fourth-order valence-corrected chi connectivity index (χ4v) is 5.10. The summed E-state index contributed by atoms with van der Waals surface area (Å²) >= 11 is 2.98. The molecule has 0 radical (unpaired) electrons. The molecule has 3 aromatic heterocycles. The third-order valence-corrected chi connectivity index (χ3v) is 6.89. The molecule has 1 amide bonds. The number of thioether (sulfide) groups is 1. The number of carbonyl (C=O) groups is 1. The highest BCUT2D eigenvalue weighted by molar-refractivity contribution is 8.00. The minimum atomic E-state index is -0.381. The number of thiophene rings is 1. The second-order valence-electron chi connectivity index (χ2n) is 6.52. The lowest BCUT2D eigenvalue weighted by Gasteiger charge is -2.15. The van der Waals surface area contributed by atoms with Crippen LogP contribution in [0.15, 0.2) is 53.3 Å². The quantitative estimate of drug-likeness (QED) is 0.355. The molecule has 1 unspecified atom stereocenters. The van der Waals surface area contributed by atoms with E-state index in [0.29, 0.717) is 17.8 Å². The number of nitriles is 1. The van der Waals surface area contributed by atoms with Crippen LogP contribution < -0.4 is 5.32 Å². The summed E-state index contributed by atoms with van der Waals surface area (Å²) in [5, 5.41) is 19.6. The molecule has 0 aliphatic rings. The minimum absolute atomic E-state index is 0.189. The molecule has 0 fully saturated rings. The van der Waals surface area contributed by atoms with Crippen molar-refractivity contribution in [3.8, 4) is 17.2 Å². The number of anilines is 1. The highest BCUT2D eigenvalue weighted by atomic mass is 32.2. The summed E-state index contributed by atoms with van der Waals surface area (Å²) in [6.45, 7) is 1.95. The Morgan fingerprint density at radius 3 is 2.87 bits per heavy atom. The first-order valence-electron chi connectivity index (χ1n) is 9.29. The number of aryl methyl sites for hydroxylation is 1. The number of nitrogens with zero attached hydrogens (tertiary/aromatic N) is 5. The first-order chi connectivity index (χ1) is 14.6. The summed E-state index contributed by atoms with van der Waals surface area (Å²) in [7, 11) is 1.69. The Labute approximate surface area is 181 Å². The third-order valence-electron chi connectivity index (χ3n) is 4.64. The van der Waals surface area contributed by atoms with Gasteiger partial charge in [-0.15, -0.1) is 11.3 Å². The van der Waals surface area contributed by atoms with E-state index in [4.69, 9.17) is 0 Å². The summed E-state index contributed by atoms with van der Waals surface area (Å²) in [5.74, 6) is 0.209. The third kappa shape index (κ3) is 3.79. The highest BCUT2D eigenvalue weighted by Gasteiger charge is 2.24.